The maximum absolute atomic E-state index is 14.2. The predicted octanol–water partition coefficient (Wildman–Crippen LogP) is 2.35. The van der Waals surface area contributed by atoms with Gasteiger partial charge in [0.2, 0.25) is 0 Å². The van der Waals surface area contributed by atoms with Crippen LogP contribution in [0.15, 0.2) is 30.9 Å². The molecule has 8 nitrogen and oxygen atoms in total. The number of amides is 1. The SMILES string of the molecule is Cc1cn2cc(NC(=O)c3cnc(N4C[C@@H]5CN(C6CC6)C[C@@H]5C4)cn3)cc(F)c2n1. The number of likely N-dealkylation sites (tertiary alicyclic amines) is 1. The number of halogens is 1. The Bertz CT molecular complexity index is 1140. The largest absolute Gasteiger partial charge is 0.355 e. The van der Waals surface area contributed by atoms with E-state index in [-0.39, 0.29) is 11.3 Å². The summed E-state index contributed by atoms with van der Waals surface area (Å²) in [6.45, 7) is 6.17. The second-order valence-electron chi connectivity index (χ2n) is 9.01. The van der Waals surface area contributed by atoms with Crippen LogP contribution < -0.4 is 10.2 Å². The fourth-order valence-electron chi connectivity index (χ4n) is 5.00. The zero-order valence-corrected chi connectivity index (χ0v) is 17.3. The van der Waals surface area contributed by atoms with Crippen LogP contribution in [0, 0.1) is 24.6 Å². The van der Waals surface area contributed by atoms with Crippen molar-refractivity contribution in [2.24, 2.45) is 11.8 Å². The number of fused-ring (bicyclic) bond motifs is 2. The molecule has 9 heteroatoms. The Morgan fingerprint density at radius 2 is 1.87 bits per heavy atom. The molecule has 160 valence electrons. The molecule has 1 amide bonds. The van der Waals surface area contributed by atoms with Gasteiger partial charge in [0.15, 0.2) is 11.5 Å². The van der Waals surface area contributed by atoms with Crippen molar-refractivity contribution in [2.45, 2.75) is 25.8 Å². The number of hydrogen-bond acceptors (Lipinski definition) is 6. The minimum absolute atomic E-state index is 0.199. The van der Waals surface area contributed by atoms with Crippen molar-refractivity contribution >= 4 is 23.1 Å². The highest BCUT2D eigenvalue weighted by atomic mass is 19.1. The highest BCUT2D eigenvalue weighted by Gasteiger charge is 2.44. The molecule has 2 atom stereocenters. The summed E-state index contributed by atoms with van der Waals surface area (Å²) >= 11 is 0. The van der Waals surface area contributed by atoms with Gasteiger partial charge in [-0.2, -0.15) is 0 Å². The van der Waals surface area contributed by atoms with Gasteiger partial charge in [0.25, 0.3) is 5.91 Å². The lowest BCUT2D eigenvalue weighted by Gasteiger charge is -2.21. The van der Waals surface area contributed by atoms with Crippen LogP contribution in [0.1, 0.15) is 29.0 Å². The van der Waals surface area contributed by atoms with E-state index >= 15 is 0 Å². The van der Waals surface area contributed by atoms with Gasteiger partial charge in [-0.15, -0.1) is 0 Å². The summed E-state index contributed by atoms with van der Waals surface area (Å²) < 4.78 is 15.8. The number of aromatic nitrogens is 4. The summed E-state index contributed by atoms with van der Waals surface area (Å²) in [7, 11) is 0. The van der Waals surface area contributed by atoms with E-state index in [2.05, 4.69) is 30.1 Å². The van der Waals surface area contributed by atoms with Crippen LogP contribution in [0.4, 0.5) is 15.9 Å². The molecule has 1 saturated carbocycles. The highest BCUT2D eigenvalue weighted by Crippen LogP contribution is 2.38. The Kier molecular flexibility index (Phi) is 4.21. The topological polar surface area (TPSA) is 78.7 Å². The third-order valence-corrected chi connectivity index (χ3v) is 6.66. The van der Waals surface area contributed by atoms with Crippen molar-refractivity contribution in [1.29, 1.82) is 0 Å². The smallest absolute Gasteiger partial charge is 0.275 e. The van der Waals surface area contributed by atoms with E-state index in [1.807, 2.05) is 0 Å². The monoisotopic (exact) mass is 421 g/mol. The van der Waals surface area contributed by atoms with E-state index in [4.69, 9.17) is 0 Å². The maximum Gasteiger partial charge on any atom is 0.275 e. The fourth-order valence-corrected chi connectivity index (χ4v) is 5.00. The molecule has 0 radical (unpaired) electrons. The van der Waals surface area contributed by atoms with Crippen LogP contribution in [-0.2, 0) is 0 Å². The fraction of sp³-hybridized carbons (Fsp3) is 0.455. The zero-order chi connectivity index (χ0) is 21.1. The van der Waals surface area contributed by atoms with Crippen molar-refractivity contribution in [1.82, 2.24) is 24.3 Å². The zero-order valence-electron chi connectivity index (χ0n) is 17.3. The van der Waals surface area contributed by atoms with Gasteiger partial charge in [0.05, 0.1) is 23.8 Å². The molecule has 0 aromatic carbocycles. The molecule has 1 aliphatic carbocycles. The van der Waals surface area contributed by atoms with Gasteiger partial charge in [-0.3, -0.25) is 9.69 Å². The number of carbonyl (C=O) groups is 1. The van der Waals surface area contributed by atoms with Gasteiger partial charge in [-0.1, -0.05) is 0 Å². The molecule has 2 aliphatic heterocycles. The molecule has 3 fully saturated rings. The van der Waals surface area contributed by atoms with E-state index < -0.39 is 11.7 Å². The molecule has 3 aliphatic rings. The molecule has 3 aromatic heterocycles. The first-order valence-electron chi connectivity index (χ1n) is 10.8. The Morgan fingerprint density at radius 3 is 2.55 bits per heavy atom. The summed E-state index contributed by atoms with van der Waals surface area (Å²) in [5, 5.41) is 2.69. The Balaban J connectivity index is 1.12. The van der Waals surface area contributed by atoms with Crippen molar-refractivity contribution in [3.63, 3.8) is 0 Å². The number of aryl methyl sites for hydroxylation is 1. The van der Waals surface area contributed by atoms with E-state index in [1.165, 1.54) is 38.2 Å². The van der Waals surface area contributed by atoms with Crippen LogP contribution in [0.25, 0.3) is 5.65 Å². The van der Waals surface area contributed by atoms with Crippen molar-refractivity contribution < 1.29 is 9.18 Å². The molecule has 0 spiro atoms. The second kappa shape index (κ2) is 6.98. The summed E-state index contributed by atoms with van der Waals surface area (Å²) in [4.78, 5) is 30.4. The average Bonchev–Trinajstić information content (AvgIpc) is 3.23. The quantitative estimate of drug-likeness (QED) is 0.697. The van der Waals surface area contributed by atoms with Gasteiger partial charge >= 0.3 is 0 Å². The highest BCUT2D eigenvalue weighted by molar-refractivity contribution is 6.02. The van der Waals surface area contributed by atoms with Crippen LogP contribution in [-0.4, -0.2) is 62.4 Å². The lowest BCUT2D eigenvalue weighted by Crippen LogP contribution is -2.30. The molecule has 5 heterocycles. The Hall–Kier alpha value is -3.07. The van der Waals surface area contributed by atoms with E-state index in [0.717, 1.165) is 24.9 Å². The van der Waals surface area contributed by atoms with Gasteiger partial charge in [-0.25, -0.2) is 19.3 Å². The number of nitrogens with zero attached hydrogens (tertiary/aromatic N) is 6. The second-order valence-corrected chi connectivity index (χ2v) is 9.01. The third kappa shape index (κ3) is 3.42. The van der Waals surface area contributed by atoms with Gasteiger partial charge in [-0.05, 0) is 31.6 Å². The minimum atomic E-state index is -0.493. The number of nitrogens with one attached hydrogen (secondary N) is 1. The Labute approximate surface area is 179 Å². The van der Waals surface area contributed by atoms with Crippen LogP contribution in [0.5, 0.6) is 0 Å². The first kappa shape index (κ1) is 18.7. The molecule has 0 unspecified atom stereocenters. The summed E-state index contributed by atoms with van der Waals surface area (Å²) in [5.74, 6) is 1.29. The maximum atomic E-state index is 14.2. The van der Waals surface area contributed by atoms with Crippen molar-refractivity contribution in [2.75, 3.05) is 36.4 Å². The third-order valence-electron chi connectivity index (χ3n) is 6.66. The van der Waals surface area contributed by atoms with Crippen LogP contribution in [0.2, 0.25) is 0 Å². The molecule has 31 heavy (non-hydrogen) atoms. The van der Waals surface area contributed by atoms with Gasteiger partial charge in [0, 0.05) is 50.7 Å². The summed E-state index contributed by atoms with van der Waals surface area (Å²) in [6, 6.07) is 2.10. The minimum Gasteiger partial charge on any atom is -0.355 e. The van der Waals surface area contributed by atoms with E-state index in [0.29, 0.717) is 23.2 Å². The van der Waals surface area contributed by atoms with Crippen molar-refractivity contribution in [3.8, 4) is 0 Å². The molecule has 0 bridgehead atoms. The molecular formula is C22H24FN7O. The number of imidazole rings is 1. The van der Waals surface area contributed by atoms with Gasteiger partial charge < -0.3 is 14.6 Å². The number of carbonyl (C=O) groups excluding carboxylic acids is 1. The first-order chi connectivity index (χ1) is 15.0. The predicted molar refractivity (Wildman–Crippen MR) is 114 cm³/mol. The van der Waals surface area contributed by atoms with Crippen LogP contribution >= 0.6 is 0 Å². The Morgan fingerprint density at radius 1 is 1.10 bits per heavy atom. The number of pyridine rings is 1. The molecule has 6 rings (SSSR count). The lowest BCUT2D eigenvalue weighted by atomic mass is 10.0. The number of rotatable bonds is 4. The summed E-state index contributed by atoms with van der Waals surface area (Å²) in [6.07, 6.45) is 9.22. The number of anilines is 2. The van der Waals surface area contributed by atoms with E-state index in [1.54, 1.807) is 29.9 Å². The molecule has 3 aromatic rings. The molecule has 1 N–H and O–H groups in total. The normalized spacial score (nSPS) is 23.5. The number of hydrogen-bond donors (Lipinski definition) is 1. The lowest BCUT2D eigenvalue weighted by molar-refractivity contribution is 0.102. The van der Waals surface area contributed by atoms with Crippen LogP contribution in [0.3, 0.4) is 0 Å². The first-order valence-corrected chi connectivity index (χ1v) is 10.8. The molecular weight excluding hydrogens is 397 g/mol. The molecule has 2 saturated heterocycles. The van der Waals surface area contributed by atoms with E-state index in [9.17, 15) is 9.18 Å². The van der Waals surface area contributed by atoms with Gasteiger partial charge in [0.1, 0.15) is 11.5 Å². The average molecular weight is 421 g/mol. The standard InChI is InChI=1S/C22H24FN7O/c1-13-7-30-12-16(4-18(23)21(30)26-13)27-22(31)19-5-25-20(6-24-19)29-10-14-8-28(17-2-3-17)9-15(14)11-29/h4-7,12,14-15,17H,2-3,8-11H2,1H3,(H,27,31)/t14-,15+. The van der Waals surface area contributed by atoms with Crippen molar-refractivity contribution in [3.05, 3.63) is 48.1 Å². The summed E-state index contributed by atoms with van der Waals surface area (Å²) in [5.41, 5.74) is 1.47.